The van der Waals surface area contributed by atoms with Crippen molar-refractivity contribution < 1.29 is 4.79 Å². The lowest BCUT2D eigenvalue weighted by Gasteiger charge is -2.18. The van der Waals surface area contributed by atoms with Crippen LogP contribution in [0.5, 0.6) is 0 Å². The molecular weight excluding hydrogens is 220 g/mol. The summed E-state index contributed by atoms with van der Waals surface area (Å²) in [7, 11) is 0. The van der Waals surface area contributed by atoms with Gasteiger partial charge in [0.25, 0.3) is 0 Å². The summed E-state index contributed by atoms with van der Waals surface area (Å²) in [4.78, 5) is 11.5. The fourth-order valence-corrected chi connectivity index (χ4v) is 2.93. The van der Waals surface area contributed by atoms with Crippen LogP contribution in [0.4, 0.5) is 0 Å². The van der Waals surface area contributed by atoms with Gasteiger partial charge in [0.1, 0.15) is 5.78 Å². The molecule has 0 amide bonds. The fraction of sp³-hybridized carbons (Fsp3) is 0.588. The molecule has 0 atom stereocenters. The van der Waals surface area contributed by atoms with Crippen molar-refractivity contribution in [1.82, 2.24) is 0 Å². The summed E-state index contributed by atoms with van der Waals surface area (Å²) < 4.78 is 0. The summed E-state index contributed by atoms with van der Waals surface area (Å²) in [5.41, 5.74) is 1.47. The van der Waals surface area contributed by atoms with Crippen LogP contribution in [0.3, 0.4) is 0 Å². The highest BCUT2D eigenvalue weighted by atomic mass is 16.1. The lowest BCUT2D eigenvalue weighted by Crippen LogP contribution is -2.08. The average Bonchev–Trinajstić information content (AvgIpc) is 2.40. The number of carbonyl (C=O) groups excluding carboxylic acids is 1. The van der Waals surface area contributed by atoms with Crippen molar-refractivity contribution in [2.45, 2.75) is 57.8 Å². The average molecular weight is 244 g/mol. The Labute approximate surface area is 111 Å². The lowest BCUT2D eigenvalue weighted by molar-refractivity contribution is -0.119. The van der Waals surface area contributed by atoms with Gasteiger partial charge in [0.15, 0.2) is 0 Å². The second kappa shape index (κ2) is 7.35. The van der Waals surface area contributed by atoms with E-state index in [0.717, 1.165) is 31.6 Å². The molecule has 0 saturated heterocycles. The quantitative estimate of drug-likeness (QED) is 0.746. The van der Waals surface area contributed by atoms with Crippen LogP contribution < -0.4 is 0 Å². The van der Waals surface area contributed by atoms with E-state index >= 15 is 0 Å². The molecule has 0 N–H and O–H groups in total. The molecule has 98 valence electrons. The Morgan fingerprint density at radius 1 is 0.889 bits per heavy atom. The number of benzene rings is 1. The molecule has 1 heteroatoms. The Bertz CT molecular complexity index is 341. The van der Waals surface area contributed by atoms with Crippen LogP contribution in [0.15, 0.2) is 30.3 Å². The monoisotopic (exact) mass is 244 g/mol. The first kappa shape index (κ1) is 13.3. The SMILES string of the molecule is O=C1CCCCC(Cc2ccccc2)CCCC1. The normalized spacial score (nSPS) is 19.7. The molecule has 0 spiro atoms. The van der Waals surface area contributed by atoms with Crippen molar-refractivity contribution in [3.8, 4) is 0 Å². The van der Waals surface area contributed by atoms with Gasteiger partial charge in [-0.2, -0.15) is 0 Å². The first-order valence-electron chi connectivity index (χ1n) is 7.40. The molecule has 0 aliphatic heterocycles. The number of Topliss-reactive ketones (excluding diaryl/α,β-unsaturated/α-hetero) is 1. The van der Waals surface area contributed by atoms with Gasteiger partial charge in [-0.1, -0.05) is 56.0 Å². The molecule has 0 aromatic heterocycles. The third-order valence-electron chi connectivity index (χ3n) is 4.00. The van der Waals surface area contributed by atoms with E-state index in [0.29, 0.717) is 5.78 Å². The van der Waals surface area contributed by atoms with Crippen LogP contribution >= 0.6 is 0 Å². The molecule has 1 nitrogen and oxygen atoms in total. The molecule has 1 aromatic rings. The van der Waals surface area contributed by atoms with Crippen molar-refractivity contribution in [2.75, 3.05) is 0 Å². The zero-order chi connectivity index (χ0) is 12.6. The number of carbonyl (C=O) groups is 1. The summed E-state index contributed by atoms with van der Waals surface area (Å²) in [6.45, 7) is 0. The zero-order valence-corrected chi connectivity index (χ0v) is 11.2. The Morgan fingerprint density at radius 3 is 2.11 bits per heavy atom. The van der Waals surface area contributed by atoms with E-state index in [2.05, 4.69) is 30.3 Å². The topological polar surface area (TPSA) is 17.1 Å². The Kier molecular flexibility index (Phi) is 5.44. The van der Waals surface area contributed by atoms with Crippen LogP contribution in [0, 0.1) is 5.92 Å². The minimum atomic E-state index is 0.483. The zero-order valence-electron chi connectivity index (χ0n) is 11.2. The molecule has 1 fully saturated rings. The summed E-state index contributed by atoms with van der Waals surface area (Å²) in [5, 5.41) is 0. The van der Waals surface area contributed by atoms with Gasteiger partial charge < -0.3 is 0 Å². The first-order chi connectivity index (χ1) is 8.84. The van der Waals surface area contributed by atoms with Crippen molar-refractivity contribution in [3.05, 3.63) is 35.9 Å². The molecular formula is C17H24O. The highest BCUT2D eigenvalue weighted by molar-refractivity contribution is 5.78. The van der Waals surface area contributed by atoms with Gasteiger partial charge in [-0.05, 0) is 30.7 Å². The van der Waals surface area contributed by atoms with Gasteiger partial charge in [0, 0.05) is 12.8 Å². The van der Waals surface area contributed by atoms with E-state index in [1.807, 2.05) is 0 Å². The summed E-state index contributed by atoms with van der Waals surface area (Å²) in [5.74, 6) is 1.30. The number of hydrogen-bond acceptors (Lipinski definition) is 1. The molecule has 1 saturated carbocycles. The molecule has 0 heterocycles. The number of rotatable bonds is 2. The number of hydrogen-bond donors (Lipinski definition) is 0. The highest BCUT2D eigenvalue weighted by Crippen LogP contribution is 2.23. The Balaban J connectivity index is 1.85. The summed E-state index contributed by atoms with van der Waals surface area (Å²) >= 11 is 0. The predicted molar refractivity (Wildman–Crippen MR) is 75.6 cm³/mol. The van der Waals surface area contributed by atoms with Crippen LogP contribution in [0.2, 0.25) is 0 Å². The van der Waals surface area contributed by atoms with Gasteiger partial charge in [-0.15, -0.1) is 0 Å². The Hall–Kier alpha value is -1.11. The number of ketones is 1. The molecule has 18 heavy (non-hydrogen) atoms. The fourth-order valence-electron chi connectivity index (χ4n) is 2.93. The minimum Gasteiger partial charge on any atom is -0.300 e. The second-order valence-corrected chi connectivity index (χ2v) is 5.59. The van der Waals surface area contributed by atoms with Gasteiger partial charge in [0.05, 0.1) is 0 Å². The predicted octanol–water partition coefficient (Wildman–Crippen LogP) is 4.55. The minimum absolute atomic E-state index is 0.483. The largest absolute Gasteiger partial charge is 0.300 e. The van der Waals surface area contributed by atoms with E-state index < -0.39 is 0 Å². The smallest absolute Gasteiger partial charge is 0.132 e. The van der Waals surface area contributed by atoms with Crippen molar-refractivity contribution in [1.29, 1.82) is 0 Å². The standard InChI is InChI=1S/C17H24O/c18-17-12-6-4-10-16(11-5-7-13-17)14-15-8-2-1-3-9-15/h1-3,8-9,16H,4-7,10-14H2. The molecule has 1 aliphatic rings. The maximum Gasteiger partial charge on any atom is 0.132 e. The van der Waals surface area contributed by atoms with E-state index in [1.165, 1.54) is 37.7 Å². The maximum absolute atomic E-state index is 11.5. The molecule has 0 unspecified atom stereocenters. The highest BCUT2D eigenvalue weighted by Gasteiger charge is 2.12. The van der Waals surface area contributed by atoms with Crippen LogP contribution in [-0.4, -0.2) is 5.78 Å². The van der Waals surface area contributed by atoms with E-state index in [4.69, 9.17) is 0 Å². The molecule has 1 aromatic carbocycles. The third kappa shape index (κ3) is 4.64. The van der Waals surface area contributed by atoms with E-state index in [9.17, 15) is 4.79 Å². The van der Waals surface area contributed by atoms with Crippen LogP contribution in [0.1, 0.15) is 56.9 Å². The van der Waals surface area contributed by atoms with E-state index in [1.54, 1.807) is 0 Å². The summed E-state index contributed by atoms with van der Waals surface area (Å²) in [6, 6.07) is 10.8. The second-order valence-electron chi connectivity index (χ2n) is 5.59. The van der Waals surface area contributed by atoms with E-state index in [-0.39, 0.29) is 0 Å². The van der Waals surface area contributed by atoms with Gasteiger partial charge in [-0.3, -0.25) is 4.79 Å². The molecule has 0 bridgehead atoms. The Morgan fingerprint density at radius 2 is 1.50 bits per heavy atom. The maximum atomic E-state index is 11.5. The van der Waals surface area contributed by atoms with Crippen molar-refractivity contribution >= 4 is 5.78 Å². The molecule has 0 radical (unpaired) electrons. The first-order valence-corrected chi connectivity index (χ1v) is 7.40. The van der Waals surface area contributed by atoms with Crippen LogP contribution in [0.25, 0.3) is 0 Å². The van der Waals surface area contributed by atoms with Gasteiger partial charge in [0.2, 0.25) is 0 Å². The molecule has 2 rings (SSSR count). The van der Waals surface area contributed by atoms with Crippen molar-refractivity contribution in [3.63, 3.8) is 0 Å². The molecule has 1 aliphatic carbocycles. The van der Waals surface area contributed by atoms with Gasteiger partial charge >= 0.3 is 0 Å². The van der Waals surface area contributed by atoms with Crippen LogP contribution in [-0.2, 0) is 11.2 Å². The van der Waals surface area contributed by atoms with Gasteiger partial charge in [-0.25, -0.2) is 0 Å². The summed E-state index contributed by atoms with van der Waals surface area (Å²) in [6.07, 6.45) is 10.1. The third-order valence-corrected chi connectivity index (χ3v) is 4.00. The van der Waals surface area contributed by atoms with Crippen molar-refractivity contribution in [2.24, 2.45) is 5.92 Å². The lowest BCUT2D eigenvalue weighted by atomic mass is 9.87.